The lowest BCUT2D eigenvalue weighted by Crippen LogP contribution is -1.90. The molecule has 1 aromatic carbocycles. The Kier molecular flexibility index (Phi) is 3.51. The minimum Gasteiger partial charge on any atom is -0.453 e. The summed E-state index contributed by atoms with van der Waals surface area (Å²) in [6.45, 7) is 0. The molecule has 82 valence electrons. The highest BCUT2D eigenvalue weighted by atomic mass is 79.9. The van der Waals surface area contributed by atoms with Crippen LogP contribution in [0.3, 0.4) is 0 Å². The number of hydrogen-bond acceptors (Lipinski definition) is 2. The lowest BCUT2D eigenvalue weighted by molar-refractivity contribution is 0.440. The monoisotopic (exact) mass is 281 g/mol. The molecule has 0 atom stereocenters. The minimum atomic E-state index is -0.374. The normalized spacial score (nSPS) is 10.1. The van der Waals surface area contributed by atoms with E-state index in [1.807, 2.05) is 6.07 Å². The molecule has 0 aliphatic rings. The van der Waals surface area contributed by atoms with Crippen molar-refractivity contribution in [2.24, 2.45) is 0 Å². The Labute approximate surface area is 101 Å². The Hall–Kier alpha value is -1.42. The Morgan fingerprint density at radius 1 is 1.31 bits per heavy atom. The first-order chi connectivity index (χ1) is 7.79. The molecule has 0 spiro atoms. The summed E-state index contributed by atoms with van der Waals surface area (Å²) in [5.41, 5.74) is 0.871. The van der Waals surface area contributed by atoms with E-state index in [1.54, 1.807) is 24.4 Å². The average molecular weight is 282 g/mol. The number of halogens is 2. The Morgan fingerprint density at radius 3 is 2.81 bits per heavy atom. The predicted molar refractivity (Wildman–Crippen MR) is 63.3 cm³/mol. The fourth-order valence-electron chi connectivity index (χ4n) is 1.24. The molecule has 2 aromatic rings. The molecular weight excluding hydrogens is 273 g/mol. The van der Waals surface area contributed by atoms with E-state index >= 15 is 0 Å². The lowest BCUT2D eigenvalue weighted by atomic mass is 10.2. The van der Waals surface area contributed by atoms with Gasteiger partial charge in [0, 0.05) is 11.5 Å². The highest BCUT2D eigenvalue weighted by Gasteiger charge is 2.05. The quantitative estimate of drug-likeness (QED) is 0.796. The molecule has 0 radical (unpaired) electrons. The molecule has 1 aromatic heterocycles. The fraction of sp³-hybridized carbons (Fsp3) is 0.0833. The summed E-state index contributed by atoms with van der Waals surface area (Å²) < 4.78 is 18.9. The molecule has 0 aliphatic carbocycles. The van der Waals surface area contributed by atoms with Crippen molar-refractivity contribution in [3.05, 3.63) is 54.1 Å². The van der Waals surface area contributed by atoms with Crippen LogP contribution >= 0.6 is 15.9 Å². The summed E-state index contributed by atoms with van der Waals surface area (Å²) >= 11 is 3.27. The summed E-state index contributed by atoms with van der Waals surface area (Å²) in [6.07, 6.45) is 3.18. The van der Waals surface area contributed by atoms with Gasteiger partial charge >= 0.3 is 0 Å². The second kappa shape index (κ2) is 5.07. The largest absolute Gasteiger partial charge is 0.453 e. The Bertz CT molecular complexity index is 476. The second-order valence-corrected chi connectivity index (χ2v) is 3.75. The van der Waals surface area contributed by atoms with Crippen molar-refractivity contribution in [2.75, 3.05) is 0 Å². The van der Waals surface area contributed by atoms with Crippen molar-refractivity contribution < 1.29 is 9.13 Å². The Morgan fingerprint density at radius 2 is 2.19 bits per heavy atom. The third-order valence-corrected chi connectivity index (χ3v) is 2.66. The van der Waals surface area contributed by atoms with Gasteiger partial charge in [-0.15, -0.1) is 0 Å². The predicted octanol–water partition coefficient (Wildman–Crippen LogP) is 3.91. The summed E-state index contributed by atoms with van der Waals surface area (Å²) in [5.74, 6) is 0.353. The lowest BCUT2D eigenvalue weighted by Gasteiger charge is -2.06. The van der Waals surface area contributed by atoms with Crippen molar-refractivity contribution in [3.63, 3.8) is 0 Å². The number of rotatable bonds is 3. The van der Waals surface area contributed by atoms with Crippen LogP contribution in [0.15, 0.2) is 42.7 Å². The molecule has 0 N–H and O–H groups in total. The molecule has 0 fully saturated rings. The van der Waals surface area contributed by atoms with Crippen LogP contribution in [-0.2, 0) is 5.33 Å². The average Bonchev–Trinajstić information content (AvgIpc) is 2.33. The first-order valence-electron chi connectivity index (χ1n) is 4.72. The molecule has 2 rings (SSSR count). The van der Waals surface area contributed by atoms with E-state index in [4.69, 9.17) is 4.74 Å². The van der Waals surface area contributed by atoms with E-state index in [-0.39, 0.29) is 11.6 Å². The second-order valence-electron chi connectivity index (χ2n) is 3.19. The van der Waals surface area contributed by atoms with E-state index in [0.29, 0.717) is 11.1 Å². The zero-order valence-corrected chi connectivity index (χ0v) is 9.95. The van der Waals surface area contributed by atoms with Gasteiger partial charge in [-0.1, -0.05) is 22.0 Å². The number of pyridine rings is 1. The SMILES string of the molecule is Fc1cc(CBr)ccc1Oc1cccnc1. The molecule has 0 amide bonds. The zero-order valence-electron chi connectivity index (χ0n) is 8.36. The van der Waals surface area contributed by atoms with Crippen molar-refractivity contribution in [1.82, 2.24) is 4.98 Å². The van der Waals surface area contributed by atoms with Gasteiger partial charge in [0.25, 0.3) is 0 Å². The number of benzene rings is 1. The van der Waals surface area contributed by atoms with E-state index in [0.717, 1.165) is 5.56 Å². The fourth-order valence-corrected chi connectivity index (χ4v) is 1.59. The van der Waals surface area contributed by atoms with Crippen LogP contribution in [0.25, 0.3) is 0 Å². The molecule has 0 bridgehead atoms. The van der Waals surface area contributed by atoms with E-state index < -0.39 is 0 Å². The van der Waals surface area contributed by atoms with Crippen LogP contribution in [0.4, 0.5) is 4.39 Å². The van der Waals surface area contributed by atoms with Gasteiger partial charge in [-0.05, 0) is 29.8 Å². The van der Waals surface area contributed by atoms with Gasteiger partial charge in [0.15, 0.2) is 11.6 Å². The van der Waals surface area contributed by atoms with Crippen molar-refractivity contribution in [3.8, 4) is 11.5 Å². The highest BCUT2D eigenvalue weighted by molar-refractivity contribution is 9.08. The van der Waals surface area contributed by atoms with Crippen LogP contribution in [0.5, 0.6) is 11.5 Å². The maximum atomic E-state index is 13.6. The van der Waals surface area contributed by atoms with Gasteiger partial charge in [-0.3, -0.25) is 4.98 Å². The molecular formula is C12H9BrFNO. The smallest absolute Gasteiger partial charge is 0.166 e. The number of hydrogen-bond donors (Lipinski definition) is 0. The summed E-state index contributed by atoms with van der Waals surface area (Å²) in [6, 6.07) is 8.33. The first kappa shape index (κ1) is 11.1. The van der Waals surface area contributed by atoms with Gasteiger partial charge in [0.05, 0.1) is 6.20 Å². The van der Waals surface area contributed by atoms with Crippen LogP contribution in [-0.4, -0.2) is 4.98 Å². The van der Waals surface area contributed by atoms with Gasteiger partial charge in [-0.2, -0.15) is 0 Å². The summed E-state index contributed by atoms with van der Waals surface area (Å²) in [5, 5.41) is 0.622. The third-order valence-electron chi connectivity index (χ3n) is 2.01. The maximum Gasteiger partial charge on any atom is 0.166 e. The van der Waals surface area contributed by atoms with Gasteiger partial charge in [0.1, 0.15) is 5.75 Å². The topological polar surface area (TPSA) is 22.1 Å². The minimum absolute atomic E-state index is 0.206. The molecule has 16 heavy (non-hydrogen) atoms. The molecule has 0 unspecified atom stereocenters. The van der Waals surface area contributed by atoms with Crippen molar-refractivity contribution in [2.45, 2.75) is 5.33 Å². The van der Waals surface area contributed by atoms with Gasteiger partial charge in [-0.25, -0.2) is 4.39 Å². The third kappa shape index (κ3) is 2.58. The number of ether oxygens (including phenoxy) is 1. The van der Waals surface area contributed by atoms with E-state index in [9.17, 15) is 4.39 Å². The number of alkyl halides is 1. The number of aromatic nitrogens is 1. The maximum absolute atomic E-state index is 13.6. The van der Waals surface area contributed by atoms with Crippen LogP contribution in [0, 0.1) is 5.82 Å². The zero-order chi connectivity index (χ0) is 11.4. The summed E-state index contributed by atoms with van der Waals surface area (Å²) in [7, 11) is 0. The van der Waals surface area contributed by atoms with E-state index in [1.165, 1.54) is 12.3 Å². The van der Waals surface area contributed by atoms with E-state index in [2.05, 4.69) is 20.9 Å². The Balaban J connectivity index is 2.22. The standard InChI is InChI=1S/C12H9BrFNO/c13-7-9-3-4-12(11(14)6-9)16-10-2-1-5-15-8-10/h1-6,8H,7H2. The summed E-state index contributed by atoms with van der Waals surface area (Å²) in [4.78, 5) is 3.89. The molecule has 0 saturated heterocycles. The van der Waals surface area contributed by atoms with Crippen LogP contribution in [0.2, 0.25) is 0 Å². The number of nitrogens with zero attached hydrogens (tertiary/aromatic N) is 1. The first-order valence-corrected chi connectivity index (χ1v) is 5.84. The molecule has 0 aliphatic heterocycles. The molecule has 1 heterocycles. The van der Waals surface area contributed by atoms with Crippen LogP contribution in [0.1, 0.15) is 5.56 Å². The molecule has 2 nitrogen and oxygen atoms in total. The van der Waals surface area contributed by atoms with Crippen molar-refractivity contribution in [1.29, 1.82) is 0 Å². The molecule has 4 heteroatoms. The molecule has 0 saturated carbocycles. The van der Waals surface area contributed by atoms with Crippen molar-refractivity contribution >= 4 is 15.9 Å². The van der Waals surface area contributed by atoms with Gasteiger partial charge < -0.3 is 4.74 Å². The van der Waals surface area contributed by atoms with Crippen LogP contribution < -0.4 is 4.74 Å². The highest BCUT2D eigenvalue weighted by Crippen LogP contribution is 2.24. The van der Waals surface area contributed by atoms with Gasteiger partial charge in [0.2, 0.25) is 0 Å².